The molecule has 0 radical (unpaired) electrons. The second-order valence-electron chi connectivity index (χ2n) is 6.86. The Balaban J connectivity index is 2.05. The van der Waals surface area contributed by atoms with E-state index < -0.39 is 23.7 Å². The van der Waals surface area contributed by atoms with Gasteiger partial charge in [-0.1, -0.05) is 17.7 Å². The maximum absolute atomic E-state index is 12.8. The fourth-order valence-corrected chi connectivity index (χ4v) is 3.12. The van der Waals surface area contributed by atoms with Crippen molar-refractivity contribution in [1.29, 1.82) is 0 Å². The number of hydrogen-bond acceptors (Lipinski definition) is 7. The van der Waals surface area contributed by atoms with Crippen LogP contribution in [0.4, 0.5) is 0 Å². The third-order valence-electron chi connectivity index (χ3n) is 4.65. The fraction of sp³-hybridized carbons (Fsp3) is 0.286. The highest BCUT2D eigenvalue weighted by Gasteiger charge is 2.40. The average molecular weight is 386 g/mol. The van der Waals surface area contributed by atoms with Crippen LogP contribution in [0.25, 0.3) is 0 Å². The summed E-state index contributed by atoms with van der Waals surface area (Å²) in [6.45, 7) is 3.75. The molecule has 0 fully saturated rings. The van der Waals surface area contributed by atoms with E-state index in [-0.39, 0.29) is 40.5 Å². The Bertz CT molecular complexity index is 958. The van der Waals surface area contributed by atoms with Gasteiger partial charge in [0.25, 0.3) is 0 Å². The van der Waals surface area contributed by atoms with E-state index in [1.165, 1.54) is 31.4 Å². The van der Waals surface area contributed by atoms with Crippen LogP contribution in [-0.4, -0.2) is 39.4 Å². The first-order chi connectivity index (χ1) is 13.2. The minimum Gasteiger partial charge on any atom is -0.507 e. The van der Waals surface area contributed by atoms with Gasteiger partial charge in [-0.15, -0.1) is 0 Å². The van der Waals surface area contributed by atoms with Crippen molar-refractivity contribution < 1.29 is 34.7 Å². The minimum atomic E-state index is -1.58. The van der Waals surface area contributed by atoms with Crippen molar-refractivity contribution in [1.82, 2.24) is 0 Å². The molecule has 7 nitrogen and oxygen atoms in total. The molecular formula is C21H22O7. The van der Waals surface area contributed by atoms with Crippen LogP contribution in [0.3, 0.4) is 0 Å². The topological polar surface area (TPSA) is 116 Å². The molecule has 148 valence electrons. The van der Waals surface area contributed by atoms with Gasteiger partial charge in [-0.25, -0.2) is 0 Å². The van der Waals surface area contributed by atoms with Gasteiger partial charge in [-0.2, -0.15) is 0 Å². The van der Waals surface area contributed by atoms with Gasteiger partial charge in [0.15, 0.2) is 23.7 Å². The van der Waals surface area contributed by atoms with Crippen molar-refractivity contribution in [2.45, 2.75) is 32.5 Å². The molecule has 1 heterocycles. The Labute approximate surface area is 162 Å². The number of allylic oxidation sites excluding steroid dienone is 2. The van der Waals surface area contributed by atoms with E-state index in [1.54, 1.807) is 6.08 Å². The first-order valence-electron chi connectivity index (χ1n) is 8.71. The second kappa shape index (κ2) is 7.44. The zero-order valence-corrected chi connectivity index (χ0v) is 15.8. The predicted molar refractivity (Wildman–Crippen MR) is 101 cm³/mol. The number of rotatable bonds is 4. The largest absolute Gasteiger partial charge is 0.507 e. The van der Waals surface area contributed by atoms with Gasteiger partial charge in [0.1, 0.15) is 22.8 Å². The Kier molecular flexibility index (Phi) is 5.20. The van der Waals surface area contributed by atoms with Crippen LogP contribution in [-0.2, 0) is 6.42 Å². The van der Waals surface area contributed by atoms with Crippen molar-refractivity contribution >= 4 is 5.78 Å². The summed E-state index contributed by atoms with van der Waals surface area (Å²) in [5.74, 6) is -1.28. The Morgan fingerprint density at radius 2 is 1.89 bits per heavy atom. The van der Waals surface area contributed by atoms with Gasteiger partial charge in [-0.3, -0.25) is 4.79 Å². The van der Waals surface area contributed by atoms with Crippen LogP contribution in [0.15, 0.2) is 35.9 Å². The molecule has 4 N–H and O–H groups in total. The lowest BCUT2D eigenvalue weighted by molar-refractivity contribution is 0.0209. The van der Waals surface area contributed by atoms with Gasteiger partial charge in [0.05, 0.1) is 7.11 Å². The molecule has 0 bridgehead atoms. The lowest BCUT2D eigenvalue weighted by Gasteiger charge is -2.31. The highest BCUT2D eigenvalue weighted by molar-refractivity contribution is 6.06. The SMILES string of the molecule is COc1cc(C2Oc3cc(O)c(CC=C(C)C)c(O)c3C(=O)C2O)ccc1O. The molecule has 0 saturated heterocycles. The van der Waals surface area contributed by atoms with Gasteiger partial charge >= 0.3 is 0 Å². The maximum atomic E-state index is 12.8. The van der Waals surface area contributed by atoms with Crippen molar-refractivity contribution in [3.63, 3.8) is 0 Å². The molecule has 0 aliphatic carbocycles. The molecule has 28 heavy (non-hydrogen) atoms. The highest BCUT2D eigenvalue weighted by Crippen LogP contribution is 2.45. The van der Waals surface area contributed by atoms with E-state index in [4.69, 9.17) is 9.47 Å². The molecule has 1 aliphatic heterocycles. The van der Waals surface area contributed by atoms with Crippen LogP contribution in [0.5, 0.6) is 28.7 Å². The van der Waals surface area contributed by atoms with Crippen LogP contribution in [0, 0.1) is 0 Å². The highest BCUT2D eigenvalue weighted by atomic mass is 16.5. The van der Waals surface area contributed by atoms with Crippen LogP contribution >= 0.6 is 0 Å². The standard InChI is InChI=1S/C21H22O7/c1-10(2)4-6-12-14(23)9-16-17(18(12)24)19(25)20(26)21(28-16)11-5-7-13(22)15(8-11)27-3/h4-5,7-9,20-24,26H,6H2,1-3H3. The normalized spacial score (nSPS) is 18.2. The molecule has 0 aromatic heterocycles. The first-order valence-corrected chi connectivity index (χ1v) is 8.71. The number of fused-ring (bicyclic) bond motifs is 1. The van der Waals surface area contributed by atoms with Gasteiger partial charge in [-0.05, 0) is 38.0 Å². The number of ether oxygens (including phenoxy) is 2. The molecule has 0 amide bonds. The van der Waals surface area contributed by atoms with Crippen molar-refractivity contribution in [3.05, 3.63) is 52.6 Å². The zero-order chi connectivity index (χ0) is 20.6. The summed E-state index contributed by atoms with van der Waals surface area (Å²) in [6.07, 6.45) is -0.627. The average Bonchev–Trinajstić information content (AvgIpc) is 2.64. The van der Waals surface area contributed by atoms with E-state index in [1.807, 2.05) is 13.8 Å². The summed E-state index contributed by atoms with van der Waals surface area (Å²) >= 11 is 0. The Morgan fingerprint density at radius 3 is 2.54 bits per heavy atom. The smallest absolute Gasteiger partial charge is 0.202 e. The summed E-state index contributed by atoms with van der Waals surface area (Å²) < 4.78 is 10.8. The van der Waals surface area contributed by atoms with E-state index in [2.05, 4.69) is 0 Å². The lowest BCUT2D eigenvalue weighted by atomic mass is 9.90. The summed E-state index contributed by atoms with van der Waals surface area (Å²) in [5.41, 5.74) is 1.41. The Hall–Kier alpha value is -3.19. The number of aliphatic hydroxyl groups is 1. The first kappa shape index (κ1) is 19.6. The number of aromatic hydroxyl groups is 3. The lowest BCUT2D eigenvalue weighted by Crippen LogP contribution is -2.36. The van der Waals surface area contributed by atoms with Gasteiger partial charge < -0.3 is 29.9 Å². The number of phenols is 3. The van der Waals surface area contributed by atoms with Crippen molar-refractivity contribution in [2.75, 3.05) is 7.11 Å². The zero-order valence-electron chi connectivity index (χ0n) is 15.8. The number of ketones is 1. The second-order valence-corrected chi connectivity index (χ2v) is 6.86. The number of Topliss-reactive ketones (excluding diaryl/α,β-unsaturated/α-hetero) is 1. The molecule has 3 rings (SSSR count). The quantitative estimate of drug-likeness (QED) is 0.597. The summed E-state index contributed by atoms with van der Waals surface area (Å²) in [7, 11) is 1.38. The molecule has 2 unspecified atom stereocenters. The van der Waals surface area contributed by atoms with Crippen molar-refractivity contribution in [2.24, 2.45) is 0 Å². The van der Waals surface area contributed by atoms with Crippen LogP contribution < -0.4 is 9.47 Å². The molecule has 7 heteroatoms. The van der Waals surface area contributed by atoms with Crippen LogP contribution in [0.1, 0.15) is 41.4 Å². The van der Waals surface area contributed by atoms with Crippen molar-refractivity contribution in [3.8, 4) is 28.7 Å². The summed E-state index contributed by atoms with van der Waals surface area (Å²) in [4.78, 5) is 12.8. The summed E-state index contributed by atoms with van der Waals surface area (Å²) in [6, 6.07) is 5.57. The number of carbonyl (C=O) groups excluding carboxylic acids is 1. The molecule has 2 atom stereocenters. The molecular weight excluding hydrogens is 364 g/mol. The number of methoxy groups -OCH3 is 1. The van der Waals surface area contributed by atoms with E-state index in [0.29, 0.717) is 5.56 Å². The summed E-state index contributed by atoms with van der Waals surface area (Å²) in [5, 5.41) is 41.1. The number of hydrogen-bond donors (Lipinski definition) is 4. The molecule has 0 spiro atoms. The fourth-order valence-electron chi connectivity index (χ4n) is 3.12. The molecule has 2 aromatic carbocycles. The van der Waals surface area contributed by atoms with Crippen LogP contribution in [0.2, 0.25) is 0 Å². The third-order valence-corrected chi connectivity index (χ3v) is 4.65. The third kappa shape index (κ3) is 3.36. The number of phenolic OH excluding ortho intramolecular Hbond substituents is 3. The number of aliphatic hydroxyl groups excluding tert-OH is 1. The van der Waals surface area contributed by atoms with Gasteiger partial charge in [0, 0.05) is 11.6 Å². The monoisotopic (exact) mass is 386 g/mol. The van der Waals surface area contributed by atoms with E-state index >= 15 is 0 Å². The maximum Gasteiger partial charge on any atom is 0.202 e. The molecule has 1 aliphatic rings. The van der Waals surface area contributed by atoms with Gasteiger partial charge in [0.2, 0.25) is 5.78 Å². The molecule has 2 aromatic rings. The van der Waals surface area contributed by atoms with E-state index in [0.717, 1.165) is 5.57 Å². The number of benzene rings is 2. The van der Waals surface area contributed by atoms with E-state index in [9.17, 15) is 25.2 Å². The predicted octanol–water partition coefficient (Wildman–Crippen LogP) is 3.00. The molecule has 0 saturated carbocycles. The minimum absolute atomic E-state index is 0.0247. The Morgan fingerprint density at radius 1 is 1.18 bits per heavy atom. The number of carbonyl (C=O) groups is 1.